The fraction of sp³-hybridized carbons (Fsp3) is 0.286. The summed E-state index contributed by atoms with van der Waals surface area (Å²) in [6.45, 7) is 3.31. The van der Waals surface area contributed by atoms with Gasteiger partial charge in [0.05, 0.1) is 21.8 Å². The molecule has 142 valence electrons. The van der Waals surface area contributed by atoms with E-state index in [-0.39, 0.29) is 26.2 Å². The number of rotatable bonds is 6. The van der Waals surface area contributed by atoms with E-state index in [1.165, 1.54) is 18.3 Å². The number of nitrogens with one attached hydrogen (secondary N) is 1. The first kappa shape index (κ1) is 21.3. The van der Waals surface area contributed by atoms with Crippen LogP contribution in [0.4, 0.5) is 11.6 Å². The Morgan fingerprint density at radius 2 is 1.96 bits per heavy atom. The van der Waals surface area contributed by atoms with E-state index in [2.05, 4.69) is 47.1 Å². The van der Waals surface area contributed by atoms with Gasteiger partial charge in [-0.3, -0.25) is 0 Å². The summed E-state index contributed by atoms with van der Waals surface area (Å²) in [7, 11) is -3.98. The molecule has 0 saturated heterocycles. The number of hydrogen-bond donors (Lipinski definition) is 3. The Kier molecular flexibility index (Phi) is 6.86. The number of ether oxygens (including phenoxy) is 1. The van der Waals surface area contributed by atoms with Crippen LogP contribution in [0.15, 0.2) is 32.2 Å². The quantitative estimate of drug-likeness (QED) is 0.523. The van der Waals surface area contributed by atoms with Crippen LogP contribution < -0.4 is 15.2 Å². The molecule has 1 heterocycles. The van der Waals surface area contributed by atoms with Gasteiger partial charge in [-0.2, -0.15) is 4.98 Å². The molecular formula is C14H15Br2ClN4O4S. The first-order valence-corrected chi connectivity index (χ1v) is 10.7. The number of nitrogens with two attached hydrogens (primary N) is 1. The van der Waals surface area contributed by atoms with E-state index in [0.29, 0.717) is 10.2 Å². The van der Waals surface area contributed by atoms with Gasteiger partial charge in [-0.05, 0) is 57.8 Å². The van der Waals surface area contributed by atoms with Crippen LogP contribution in [0.3, 0.4) is 0 Å². The van der Waals surface area contributed by atoms with Crippen LogP contribution in [0.1, 0.15) is 13.8 Å². The van der Waals surface area contributed by atoms with Gasteiger partial charge in [0, 0.05) is 10.2 Å². The lowest BCUT2D eigenvalue weighted by Crippen LogP contribution is -2.26. The predicted molar refractivity (Wildman–Crippen MR) is 105 cm³/mol. The molecule has 0 saturated carbocycles. The summed E-state index contributed by atoms with van der Waals surface area (Å²) in [6, 6.07) is 2.87. The van der Waals surface area contributed by atoms with E-state index in [1.807, 2.05) is 0 Å². The van der Waals surface area contributed by atoms with Crippen LogP contribution in [0.25, 0.3) is 0 Å². The van der Waals surface area contributed by atoms with Gasteiger partial charge in [0.1, 0.15) is 11.0 Å². The third-order valence-electron chi connectivity index (χ3n) is 3.23. The molecule has 2 aromatic rings. The highest BCUT2D eigenvalue weighted by molar-refractivity contribution is 9.10. The normalized spacial score (nSPS) is 14.0. The second-order valence-corrected chi connectivity index (χ2v) is 8.96. The topological polar surface area (TPSA) is 127 Å². The highest BCUT2D eigenvalue weighted by Gasteiger charge is 2.19. The third-order valence-corrected chi connectivity index (χ3v) is 6.08. The van der Waals surface area contributed by atoms with Crippen molar-refractivity contribution in [3.05, 3.63) is 32.3 Å². The fourth-order valence-corrected chi connectivity index (χ4v) is 4.54. The third kappa shape index (κ3) is 5.27. The van der Waals surface area contributed by atoms with E-state index in [0.717, 1.165) is 0 Å². The smallest absolute Gasteiger partial charge is 0.240 e. The Bertz CT molecular complexity index is 904. The summed E-state index contributed by atoms with van der Waals surface area (Å²) >= 11 is 12.4. The van der Waals surface area contributed by atoms with Gasteiger partial charge < -0.3 is 15.2 Å². The first-order chi connectivity index (χ1) is 12.0. The van der Waals surface area contributed by atoms with Crippen LogP contribution in [0.2, 0.25) is 5.02 Å². The lowest BCUT2D eigenvalue weighted by molar-refractivity contribution is 0.0569. The Morgan fingerprint density at radius 3 is 2.50 bits per heavy atom. The van der Waals surface area contributed by atoms with Gasteiger partial charge in [-0.1, -0.05) is 11.6 Å². The molecular weight excluding hydrogens is 516 g/mol. The van der Waals surface area contributed by atoms with E-state index in [4.69, 9.17) is 21.5 Å². The second kappa shape index (κ2) is 8.36. The van der Waals surface area contributed by atoms with Crippen LogP contribution in [-0.2, 0) is 10.0 Å². The Morgan fingerprint density at radius 1 is 1.31 bits per heavy atom. The molecule has 0 spiro atoms. The van der Waals surface area contributed by atoms with Crippen LogP contribution in [0.5, 0.6) is 5.88 Å². The summed E-state index contributed by atoms with van der Waals surface area (Å²) in [5.74, 6) is 0.425. The SMILES string of the molecule is C[C@@H](O)[C@@H](C)Oc1nc(Nc2cc(Cl)c(S(N)(=O)=O)c(Br)c2)ncc1Br. The fourth-order valence-electron chi connectivity index (χ4n) is 1.80. The van der Waals surface area contributed by atoms with Crippen molar-refractivity contribution < 1.29 is 18.3 Å². The highest BCUT2D eigenvalue weighted by atomic mass is 79.9. The lowest BCUT2D eigenvalue weighted by Gasteiger charge is -2.17. The molecule has 8 nitrogen and oxygen atoms in total. The minimum absolute atomic E-state index is 0.0549. The maximum Gasteiger partial charge on any atom is 0.240 e. The van der Waals surface area contributed by atoms with Gasteiger partial charge in [0.15, 0.2) is 0 Å². The number of halogens is 3. The molecule has 4 N–H and O–H groups in total. The van der Waals surface area contributed by atoms with E-state index in [9.17, 15) is 13.5 Å². The van der Waals surface area contributed by atoms with Crippen molar-refractivity contribution in [2.75, 3.05) is 5.32 Å². The zero-order valence-electron chi connectivity index (χ0n) is 13.6. The molecule has 0 aliphatic carbocycles. The summed E-state index contributed by atoms with van der Waals surface area (Å²) in [5, 5.41) is 17.5. The predicted octanol–water partition coefficient (Wildman–Crippen LogP) is 3.19. The number of anilines is 2. The molecule has 1 aromatic heterocycles. The van der Waals surface area contributed by atoms with Crippen molar-refractivity contribution in [3.8, 4) is 5.88 Å². The number of aliphatic hydroxyl groups is 1. The van der Waals surface area contributed by atoms with Crippen molar-refractivity contribution in [1.29, 1.82) is 0 Å². The van der Waals surface area contributed by atoms with Gasteiger partial charge in [0.2, 0.25) is 21.9 Å². The van der Waals surface area contributed by atoms with Crippen molar-refractivity contribution in [2.24, 2.45) is 5.14 Å². The zero-order chi connectivity index (χ0) is 19.6. The standard InChI is InChI=1S/C14H15Br2ClN4O4S/c1-6(22)7(2)25-13-10(16)5-19-14(21-13)20-8-3-9(15)12(11(17)4-8)26(18,23)24/h3-7,22H,1-2H3,(H2,18,23,24)(H,19,20,21)/t6-,7-/m1/s1. The number of hydrogen-bond acceptors (Lipinski definition) is 7. The molecule has 0 radical (unpaired) electrons. The minimum atomic E-state index is -3.98. The van der Waals surface area contributed by atoms with Gasteiger partial charge in [-0.15, -0.1) is 0 Å². The summed E-state index contributed by atoms with van der Waals surface area (Å²) in [6.07, 6.45) is 0.315. The van der Waals surface area contributed by atoms with Crippen LogP contribution in [0, 0.1) is 0 Å². The van der Waals surface area contributed by atoms with E-state index >= 15 is 0 Å². The van der Waals surface area contributed by atoms with Crippen molar-refractivity contribution in [3.63, 3.8) is 0 Å². The average Bonchev–Trinajstić information content (AvgIpc) is 2.48. The molecule has 0 bridgehead atoms. The molecule has 0 unspecified atom stereocenters. The Labute approximate surface area is 172 Å². The number of primary sulfonamides is 1. The molecule has 0 fully saturated rings. The first-order valence-electron chi connectivity index (χ1n) is 7.15. The highest BCUT2D eigenvalue weighted by Crippen LogP contribution is 2.33. The molecule has 2 rings (SSSR count). The second-order valence-electron chi connectivity index (χ2n) is 5.35. The van der Waals surface area contributed by atoms with E-state index in [1.54, 1.807) is 13.8 Å². The zero-order valence-corrected chi connectivity index (χ0v) is 18.3. The average molecular weight is 531 g/mol. The minimum Gasteiger partial charge on any atom is -0.471 e. The number of nitrogens with zero attached hydrogens (tertiary/aromatic N) is 2. The van der Waals surface area contributed by atoms with Crippen LogP contribution in [-0.4, -0.2) is 35.7 Å². The molecule has 0 aliphatic rings. The number of aliphatic hydroxyl groups excluding tert-OH is 1. The number of aromatic nitrogens is 2. The maximum absolute atomic E-state index is 11.6. The summed E-state index contributed by atoms with van der Waals surface area (Å²) < 4.78 is 29.4. The van der Waals surface area contributed by atoms with Gasteiger partial charge in [0.25, 0.3) is 0 Å². The van der Waals surface area contributed by atoms with Crippen molar-refractivity contribution in [2.45, 2.75) is 31.0 Å². The monoisotopic (exact) mass is 528 g/mol. The number of sulfonamides is 1. The molecule has 0 aliphatic heterocycles. The molecule has 2 atom stereocenters. The van der Waals surface area contributed by atoms with Gasteiger partial charge in [-0.25, -0.2) is 18.5 Å². The maximum atomic E-state index is 11.6. The van der Waals surface area contributed by atoms with E-state index < -0.39 is 22.2 Å². The van der Waals surface area contributed by atoms with Crippen molar-refractivity contribution >= 4 is 65.1 Å². The largest absolute Gasteiger partial charge is 0.471 e. The molecule has 1 aromatic carbocycles. The molecule has 0 amide bonds. The molecule has 12 heteroatoms. The van der Waals surface area contributed by atoms with Crippen molar-refractivity contribution in [1.82, 2.24) is 9.97 Å². The lowest BCUT2D eigenvalue weighted by atomic mass is 10.3. The molecule has 26 heavy (non-hydrogen) atoms. The van der Waals surface area contributed by atoms with Gasteiger partial charge >= 0.3 is 0 Å². The summed E-state index contributed by atoms with van der Waals surface area (Å²) in [5.41, 5.74) is 0.436. The number of benzene rings is 1. The Balaban J connectivity index is 2.32. The Hall–Kier alpha value is -0.980. The van der Waals surface area contributed by atoms with Crippen LogP contribution >= 0.6 is 43.5 Å². The summed E-state index contributed by atoms with van der Waals surface area (Å²) in [4.78, 5) is 8.11.